The van der Waals surface area contributed by atoms with Crippen LogP contribution in [-0.4, -0.2) is 50.3 Å². The molecule has 0 spiro atoms. The van der Waals surface area contributed by atoms with Crippen molar-refractivity contribution in [2.75, 3.05) is 32.4 Å². The summed E-state index contributed by atoms with van der Waals surface area (Å²) in [6.45, 7) is 2.36. The maximum absolute atomic E-state index is 10.4. The van der Waals surface area contributed by atoms with Crippen LogP contribution in [0, 0.1) is 0 Å². The number of nitrogens with zero attached hydrogens (tertiary/aromatic N) is 1. The van der Waals surface area contributed by atoms with Crippen molar-refractivity contribution in [1.82, 2.24) is 9.74 Å². The lowest BCUT2D eigenvalue weighted by Gasteiger charge is -2.15. The quantitative estimate of drug-likeness (QED) is 0.362. The lowest BCUT2D eigenvalue weighted by molar-refractivity contribution is 0.326. The third kappa shape index (κ3) is 12.0. The van der Waals surface area contributed by atoms with E-state index in [1.165, 1.54) is 0 Å². The molecule has 0 aliphatic rings. The molecule has 0 fully saturated rings. The average molecular weight is 259 g/mol. The molecule has 15 heavy (non-hydrogen) atoms. The van der Waals surface area contributed by atoms with E-state index in [2.05, 4.69) is 4.84 Å². The molecule has 2 N–H and O–H groups in total. The molecule has 0 aliphatic heterocycles. The molecule has 0 rings (SSSR count). The predicted octanol–water partition coefficient (Wildman–Crippen LogP) is 0.720. The van der Waals surface area contributed by atoms with Gasteiger partial charge in [-0.25, -0.2) is 4.84 Å². The highest BCUT2D eigenvalue weighted by Gasteiger charge is 2.05. The Morgan fingerprint density at radius 2 is 1.87 bits per heavy atom. The van der Waals surface area contributed by atoms with Crippen molar-refractivity contribution in [3.63, 3.8) is 0 Å². The summed E-state index contributed by atoms with van der Waals surface area (Å²) in [5, 5.41) is 0. The minimum atomic E-state index is -3.80. The van der Waals surface area contributed by atoms with Crippen LogP contribution in [0.4, 0.5) is 0 Å². The van der Waals surface area contributed by atoms with E-state index in [9.17, 15) is 8.42 Å². The Labute approximate surface area is 96.6 Å². The molecule has 0 bridgehead atoms. The van der Waals surface area contributed by atoms with Gasteiger partial charge < -0.3 is 4.90 Å². The molecule has 5 nitrogen and oxygen atoms in total. The highest BCUT2D eigenvalue weighted by Crippen LogP contribution is 1.95. The second-order valence-corrected chi connectivity index (χ2v) is 5.37. The smallest absolute Gasteiger partial charge is 0.264 e. The molecule has 0 aliphatic carbocycles. The van der Waals surface area contributed by atoms with Gasteiger partial charge in [-0.05, 0) is 51.2 Å². The Balaban J connectivity index is 3.37. The SMILES string of the molecule is CN(CCCCNCl)CCCS(=O)(=O)O. The monoisotopic (exact) mass is 258 g/mol. The Hall–Kier alpha value is 0.120. The van der Waals surface area contributed by atoms with Crippen LogP contribution in [0.25, 0.3) is 0 Å². The number of nitrogens with one attached hydrogen (secondary N) is 1. The predicted molar refractivity (Wildman–Crippen MR) is 61.6 cm³/mol. The van der Waals surface area contributed by atoms with Crippen LogP contribution in [-0.2, 0) is 10.1 Å². The molecule has 0 saturated carbocycles. The first kappa shape index (κ1) is 15.1. The molecular formula is C8H19ClN2O3S. The molecule has 0 unspecified atom stereocenters. The van der Waals surface area contributed by atoms with E-state index in [1.807, 2.05) is 11.9 Å². The number of hydrogen-bond donors (Lipinski definition) is 2. The van der Waals surface area contributed by atoms with Crippen LogP contribution in [0.1, 0.15) is 19.3 Å². The van der Waals surface area contributed by atoms with Crippen molar-refractivity contribution in [1.29, 1.82) is 0 Å². The van der Waals surface area contributed by atoms with Gasteiger partial charge in [0.25, 0.3) is 10.1 Å². The van der Waals surface area contributed by atoms with Gasteiger partial charge in [-0.15, -0.1) is 0 Å². The van der Waals surface area contributed by atoms with E-state index < -0.39 is 10.1 Å². The van der Waals surface area contributed by atoms with Crippen LogP contribution in [0.2, 0.25) is 0 Å². The van der Waals surface area contributed by atoms with Gasteiger partial charge in [0.05, 0.1) is 5.75 Å². The van der Waals surface area contributed by atoms with E-state index in [4.69, 9.17) is 16.3 Å². The molecule has 92 valence electrons. The summed E-state index contributed by atoms with van der Waals surface area (Å²) in [6, 6.07) is 0. The van der Waals surface area contributed by atoms with Gasteiger partial charge in [0, 0.05) is 6.54 Å². The fraction of sp³-hybridized carbons (Fsp3) is 1.00. The number of unbranched alkanes of at least 4 members (excludes halogenated alkanes) is 1. The first-order chi connectivity index (χ1) is 6.95. The Kier molecular flexibility index (Phi) is 8.36. The number of hydrogen-bond acceptors (Lipinski definition) is 4. The molecule has 0 heterocycles. The maximum Gasteiger partial charge on any atom is 0.264 e. The Bertz CT molecular complexity index is 246. The molecule has 0 aromatic carbocycles. The van der Waals surface area contributed by atoms with Crippen LogP contribution in [0.5, 0.6) is 0 Å². The Morgan fingerprint density at radius 1 is 1.27 bits per heavy atom. The van der Waals surface area contributed by atoms with Crippen molar-refractivity contribution in [3.05, 3.63) is 0 Å². The van der Waals surface area contributed by atoms with Gasteiger partial charge in [0.1, 0.15) is 0 Å². The second kappa shape index (κ2) is 8.29. The van der Waals surface area contributed by atoms with Gasteiger partial charge in [0.2, 0.25) is 0 Å². The van der Waals surface area contributed by atoms with E-state index in [-0.39, 0.29) is 5.75 Å². The Morgan fingerprint density at radius 3 is 2.40 bits per heavy atom. The zero-order valence-electron chi connectivity index (χ0n) is 8.95. The first-order valence-electron chi connectivity index (χ1n) is 4.93. The first-order valence-corrected chi connectivity index (χ1v) is 6.91. The second-order valence-electron chi connectivity index (χ2n) is 3.53. The van der Waals surface area contributed by atoms with Crippen molar-refractivity contribution in [2.45, 2.75) is 19.3 Å². The zero-order chi connectivity index (χ0) is 11.7. The largest absolute Gasteiger partial charge is 0.306 e. The normalized spacial score (nSPS) is 12.3. The van der Waals surface area contributed by atoms with Crippen LogP contribution in [0.15, 0.2) is 0 Å². The summed E-state index contributed by atoms with van der Waals surface area (Å²) in [7, 11) is -1.87. The summed E-state index contributed by atoms with van der Waals surface area (Å²) < 4.78 is 29.4. The van der Waals surface area contributed by atoms with Gasteiger partial charge in [-0.2, -0.15) is 8.42 Å². The lowest BCUT2D eigenvalue weighted by atomic mass is 10.3. The van der Waals surface area contributed by atoms with Gasteiger partial charge >= 0.3 is 0 Å². The number of rotatable bonds is 9. The fourth-order valence-electron chi connectivity index (χ4n) is 1.20. The van der Waals surface area contributed by atoms with E-state index in [0.717, 1.165) is 25.9 Å². The van der Waals surface area contributed by atoms with E-state index >= 15 is 0 Å². The maximum atomic E-state index is 10.4. The molecule has 0 aromatic rings. The fourth-order valence-corrected chi connectivity index (χ4v) is 1.83. The van der Waals surface area contributed by atoms with Crippen LogP contribution >= 0.6 is 11.8 Å². The summed E-state index contributed by atoms with van der Waals surface area (Å²) in [6.07, 6.45) is 2.47. The topological polar surface area (TPSA) is 69.6 Å². The summed E-state index contributed by atoms with van der Waals surface area (Å²) in [4.78, 5) is 4.59. The highest BCUT2D eigenvalue weighted by atomic mass is 35.5. The summed E-state index contributed by atoms with van der Waals surface area (Å²) >= 11 is 5.29. The third-order valence-corrected chi connectivity index (χ3v) is 3.00. The molecule has 7 heteroatoms. The van der Waals surface area contributed by atoms with Crippen molar-refractivity contribution in [2.24, 2.45) is 0 Å². The van der Waals surface area contributed by atoms with Gasteiger partial charge in [-0.3, -0.25) is 4.55 Å². The molecular weight excluding hydrogens is 240 g/mol. The summed E-state index contributed by atoms with van der Waals surface area (Å²) in [5.41, 5.74) is 0. The molecule has 0 aromatic heterocycles. The minimum Gasteiger partial charge on any atom is -0.306 e. The van der Waals surface area contributed by atoms with Crippen molar-refractivity contribution < 1.29 is 13.0 Å². The summed E-state index contributed by atoms with van der Waals surface area (Å²) in [5.74, 6) is -0.166. The standard InChI is InChI=1S/C8H19ClN2O3S/c1-11(6-3-2-5-10-9)7-4-8-15(12,13)14/h10H,2-8H2,1H3,(H,12,13,14). The van der Waals surface area contributed by atoms with Crippen LogP contribution in [0.3, 0.4) is 0 Å². The molecule has 0 atom stereocenters. The minimum absolute atomic E-state index is 0.166. The van der Waals surface area contributed by atoms with E-state index in [0.29, 0.717) is 13.0 Å². The van der Waals surface area contributed by atoms with Crippen LogP contribution < -0.4 is 4.84 Å². The van der Waals surface area contributed by atoms with Crippen molar-refractivity contribution in [3.8, 4) is 0 Å². The van der Waals surface area contributed by atoms with Gasteiger partial charge in [-0.1, -0.05) is 0 Å². The zero-order valence-corrected chi connectivity index (χ0v) is 10.5. The average Bonchev–Trinajstić information content (AvgIpc) is 2.10. The number of halogens is 1. The van der Waals surface area contributed by atoms with Crippen molar-refractivity contribution >= 4 is 21.9 Å². The molecule has 0 radical (unpaired) electrons. The van der Waals surface area contributed by atoms with E-state index in [1.54, 1.807) is 0 Å². The lowest BCUT2D eigenvalue weighted by Crippen LogP contribution is -2.23. The third-order valence-electron chi connectivity index (χ3n) is 2.00. The molecule has 0 amide bonds. The molecule has 0 saturated heterocycles. The van der Waals surface area contributed by atoms with Gasteiger partial charge in [0.15, 0.2) is 0 Å². The highest BCUT2D eigenvalue weighted by molar-refractivity contribution is 7.85.